The molecule has 0 bridgehead atoms. The minimum atomic E-state index is -3.82. The van der Waals surface area contributed by atoms with E-state index in [0.717, 1.165) is 11.3 Å². The Hall–Kier alpha value is -2.46. The van der Waals surface area contributed by atoms with Crippen molar-refractivity contribution in [3.05, 3.63) is 87.6 Å². The number of allylic oxidation sites excluding steroid dienone is 4. The van der Waals surface area contributed by atoms with Gasteiger partial charge in [0.15, 0.2) is 0 Å². The summed E-state index contributed by atoms with van der Waals surface area (Å²) < 4.78 is 23.9. The molecule has 1 unspecified atom stereocenters. The molecule has 0 fully saturated rings. The van der Waals surface area contributed by atoms with Gasteiger partial charge in [0.25, 0.3) is 0 Å². The molecule has 0 amide bonds. The monoisotopic (exact) mass is 399 g/mol. The average Bonchev–Trinajstić information content (AvgIpc) is 2.64. The minimum absolute atomic E-state index is 0.150. The Bertz CT molecular complexity index is 1040. The van der Waals surface area contributed by atoms with Crippen molar-refractivity contribution in [1.29, 1.82) is 5.26 Å². The van der Waals surface area contributed by atoms with E-state index < -0.39 is 15.4 Å². The summed E-state index contributed by atoms with van der Waals surface area (Å²) in [5.74, 6) is 0. The first-order valence-electron chi connectivity index (χ1n) is 8.31. The zero-order valence-electron chi connectivity index (χ0n) is 14.5. The molecule has 0 saturated carbocycles. The van der Waals surface area contributed by atoms with E-state index >= 15 is 0 Å². The van der Waals surface area contributed by atoms with E-state index in [1.165, 1.54) is 6.08 Å². The van der Waals surface area contributed by atoms with Crippen LogP contribution in [0.15, 0.2) is 70.8 Å². The highest BCUT2D eigenvalue weighted by atomic mass is 35.5. The lowest BCUT2D eigenvalue weighted by molar-refractivity contribution is 0.359. The van der Waals surface area contributed by atoms with E-state index in [2.05, 4.69) is 11.1 Å². The lowest BCUT2D eigenvalue weighted by Crippen LogP contribution is -2.33. The number of halogens is 1. The standard InChI is InChI=1S/C20H18ClN3O2S/c21-19-9-8-18(27(23,25)26)13-20(19,12-17-3-1-2-10-24-17)11-15-4-6-16(14-22)7-5-15/h1-10H,11-13H2,(H2,23,25,26). The molecule has 1 heterocycles. The fourth-order valence-corrected chi connectivity index (χ4v) is 4.31. The number of benzene rings is 1. The molecule has 0 spiro atoms. The molecule has 27 heavy (non-hydrogen) atoms. The molecule has 2 aromatic rings. The third-order valence-electron chi connectivity index (χ3n) is 4.67. The van der Waals surface area contributed by atoms with Gasteiger partial charge in [0.1, 0.15) is 0 Å². The predicted octanol–water partition coefficient (Wildman–Crippen LogP) is 3.42. The molecule has 3 rings (SSSR count). The van der Waals surface area contributed by atoms with Crippen LogP contribution in [0.1, 0.15) is 23.2 Å². The lowest BCUT2D eigenvalue weighted by atomic mass is 9.72. The van der Waals surface area contributed by atoms with Crippen LogP contribution >= 0.6 is 11.6 Å². The number of pyridine rings is 1. The molecule has 0 saturated heterocycles. The third kappa shape index (κ3) is 4.45. The van der Waals surface area contributed by atoms with Crippen molar-refractivity contribution in [3.8, 4) is 6.07 Å². The van der Waals surface area contributed by atoms with Gasteiger partial charge in [-0.1, -0.05) is 29.8 Å². The Morgan fingerprint density at radius 3 is 2.48 bits per heavy atom. The molecule has 0 radical (unpaired) electrons. The number of primary sulfonamides is 1. The molecule has 0 aliphatic heterocycles. The van der Waals surface area contributed by atoms with Gasteiger partial charge in [0.2, 0.25) is 10.0 Å². The molecule has 138 valence electrons. The van der Waals surface area contributed by atoms with Gasteiger partial charge in [0, 0.05) is 28.8 Å². The first kappa shape index (κ1) is 19.3. The second-order valence-corrected chi connectivity index (χ2v) is 8.65. The molecule has 2 N–H and O–H groups in total. The lowest BCUT2D eigenvalue weighted by Gasteiger charge is -2.36. The molecule has 1 atom stereocenters. The summed E-state index contributed by atoms with van der Waals surface area (Å²) in [4.78, 5) is 4.53. The van der Waals surface area contributed by atoms with E-state index in [-0.39, 0.29) is 11.3 Å². The van der Waals surface area contributed by atoms with Crippen molar-refractivity contribution in [3.63, 3.8) is 0 Å². The fraction of sp³-hybridized carbons (Fsp3) is 0.200. The van der Waals surface area contributed by atoms with E-state index in [4.69, 9.17) is 22.0 Å². The molecular weight excluding hydrogens is 382 g/mol. The summed E-state index contributed by atoms with van der Waals surface area (Å²) in [6, 6.07) is 14.9. The Morgan fingerprint density at radius 2 is 1.89 bits per heavy atom. The van der Waals surface area contributed by atoms with Crippen molar-refractivity contribution in [2.75, 3.05) is 0 Å². The highest BCUT2D eigenvalue weighted by Crippen LogP contribution is 2.46. The SMILES string of the molecule is N#Cc1ccc(CC2(Cc3ccccn3)CC(S(N)(=O)=O)=CC=C2Cl)cc1. The predicted molar refractivity (Wildman–Crippen MR) is 105 cm³/mol. The number of rotatable bonds is 5. The molecule has 1 aliphatic carbocycles. The Balaban J connectivity index is 2.02. The maximum atomic E-state index is 12.0. The van der Waals surface area contributed by atoms with Crippen molar-refractivity contribution in [2.45, 2.75) is 19.3 Å². The van der Waals surface area contributed by atoms with Gasteiger partial charge in [0.05, 0.1) is 16.5 Å². The number of hydrogen-bond acceptors (Lipinski definition) is 4. The number of aromatic nitrogens is 1. The van der Waals surface area contributed by atoms with E-state index in [1.807, 2.05) is 30.3 Å². The van der Waals surface area contributed by atoms with Crippen LogP contribution < -0.4 is 5.14 Å². The smallest absolute Gasteiger partial charge is 0.234 e. The summed E-state index contributed by atoms with van der Waals surface area (Å²) in [6.45, 7) is 0. The maximum Gasteiger partial charge on any atom is 0.234 e. The van der Waals surface area contributed by atoms with E-state index in [0.29, 0.717) is 23.4 Å². The molecule has 7 heteroatoms. The first-order chi connectivity index (χ1) is 12.8. The van der Waals surface area contributed by atoms with Crippen molar-refractivity contribution in [2.24, 2.45) is 10.6 Å². The Morgan fingerprint density at radius 1 is 1.15 bits per heavy atom. The zero-order chi connectivity index (χ0) is 19.5. The van der Waals surface area contributed by atoms with Gasteiger partial charge >= 0.3 is 0 Å². The van der Waals surface area contributed by atoms with Gasteiger partial charge in [-0.25, -0.2) is 13.6 Å². The highest BCUT2D eigenvalue weighted by molar-refractivity contribution is 7.93. The van der Waals surface area contributed by atoms with Gasteiger partial charge in [-0.3, -0.25) is 4.98 Å². The van der Waals surface area contributed by atoms with Gasteiger partial charge in [-0.05, 0) is 54.8 Å². The number of nitriles is 1. The van der Waals surface area contributed by atoms with Crippen molar-refractivity contribution in [1.82, 2.24) is 4.98 Å². The number of sulfonamides is 1. The number of hydrogen-bond donors (Lipinski definition) is 1. The van der Waals surface area contributed by atoms with Crippen molar-refractivity contribution >= 4 is 21.6 Å². The van der Waals surface area contributed by atoms with E-state index in [1.54, 1.807) is 24.4 Å². The third-order valence-corrected chi connectivity index (χ3v) is 6.21. The Labute approximate surface area is 163 Å². The minimum Gasteiger partial charge on any atom is -0.261 e. The van der Waals surface area contributed by atoms with Crippen LogP contribution in [0.25, 0.3) is 0 Å². The molecule has 1 aliphatic rings. The largest absolute Gasteiger partial charge is 0.261 e. The molecule has 1 aromatic heterocycles. The van der Waals surface area contributed by atoms with Crippen LogP contribution in [0.5, 0.6) is 0 Å². The summed E-state index contributed by atoms with van der Waals surface area (Å²) in [5.41, 5.74) is 1.65. The van der Waals surface area contributed by atoms with Crippen molar-refractivity contribution < 1.29 is 8.42 Å². The van der Waals surface area contributed by atoms with Gasteiger partial charge in [-0.15, -0.1) is 0 Å². The summed E-state index contributed by atoms with van der Waals surface area (Å²) in [7, 11) is -3.82. The molecule has 1 aromatic carbocycles. The van der Waals surface area contributed by atoms with E-state index in [9.17, 15) is 8.42 Å². The molecular formula is C20H18ClN3O2S. The summed E-state index contributed by atoms with van der Waals surface area (Å²) in [5, 5.41) is 14.9. The van der Waals surface area contributed by atoms with Crippen LogP contribution in [0.3, 0.4) is 0 Å². The van der Waals surface area contributed by atoms with Gasteiger partial charge in [-0.2, -0.15) is 5.26 Å². The fourth-order valence-electron chi connectivity index (χ4n) is 3.31. The maximum absolute atomic E-state index is 12.0. The van der Waals surface area contributed by atoms with Crippen LogP contribution in [-0.2, 0) is 22.9 Å². The van der Waals surface area contributed by atoms with Gasteiger partial charge < -0.3 is 0 Å². The highest BCUT2D eigenvalue weighted by Gasteiger charge is 2.39. The van der Waals surface area contributed by atoms with Crippen LogP contribution in [0, 0.1) is 16.7 Å². The number of nitrogens with zero attached hydrogens (tertiary/aromatic N) is 2. The quantitative estimate of drug-likeness (QED) is 0.832. The second kappa shape index (κ2) is 7.65. The average molecular weight is 400 g/mol. The Kier molecular flexibility index (Phi) is 5.47. The van der Waals surface area contributed by atoms with Crippen LogP contribution in [-0.4, -0.2) is 13.4 Å². The zero-order valence-corrected chi connectivity index (χ0v) is 16.0. The topological polar surface area (TPSA) is 96.8 Å². The normalized spacial score (nSPS) is 19.7. The molecule has 5 nitrogen and oxygen atoms in total. The first-order valence-corrected chi connectivity index (χ1v) is 10.2. The van der Waals surface area contributed by atoms with Crippen LogP contribution in [0.4, 0.5) is 0 Å². The second-order valence-electron chi connectivity index (χ2n) is 6.63. The summed E-state index contributed by atoms with van der Waals surface area (Å²) in [6.07, 6.45) is 5.93. The number of nitrogens with two attached hydrogens (primary N) is 1. The van der Waals surface area contributed by atoms with Crippen LogP contribution in [0.2, 0.25) is 0 Å². The summed E-state index contributed by atoms with van der Waals surface area (Å²) >= 11 is 6.61.